The Balaban J connectivity index is 3.30. The predicted molar refractivity (Wildman–Crippen MR) is 42.4 cm³/mol. The molecule has 0 spiro atoms. The van der Waals surface area contributed by atoms with Crippen molar-refractivity contribution in [2.45, 2.75) is 36.8 Å². The number of aliphatic hydroxyl groups is 2. The Morgan fingerprint density at radius 1 is 1.20 bits per heavy atom. The topological polar surface area (TPSA) is 40.5 Å². The second kappa shape index (κ2) is 5.19. The number of hydrogen-bond donors (Lipinski definition) is 2. The summed E-state index contributed by atoms with van der Waals surface area (Å²) in [6, 6.07) is 0. The highest BCUT2D eigenvalue weighted by atomic mass is 35.5. The Bertz CT molecular complexity index is 85.8. The predicted octanol–water partition coefficient (Wildman–Crippen LogP) is 1.31. The zero-order chi connectivity index (χ0) is 8.15. The van der Waals surface area contributed by atoms with Crippen LogP contribution in [-0.4, -0.2) is 27.3 Å². The van der Waals surface area contributed by atoms with E-state index in [-0.39, 0.29) is 5.38 Å². The van der Waals surface area contributed by atoms with Gasteiger partial charge in [0, 0.05) is 0 Å². The first-order chi connectivity index (χ1) is 4.54. The van der Waals surface area contributed by atoms with E-state index in [4.69, 9.17) is 33.4 Å². The van der Waals surface area contributed by atoms with Crippen molar-refractivity contribution in [2.75, 3.05) is 0 Å². The molecule has 0 aromatic heterocycles. The zero-order valence-electron chi connectivity index (χ0n) is 5.80. The average Bonchev–Trinajstić information content (AvgIpc) is 1.82. The number of alkyl halides is 2. The molecule has 10 heavy (non-hydrogen) atoms. The molecule has 0 fully saturated rings. The highest BCUT2D eigenvalue weighted by molar-refractivity contribution is 6.21. The molecule has 0 aliphatic heterocycles. The van der Waals surface area contributed by atoms with Gasteiger partial charge >= 0.3 is 0 Å². The van der Waals surface area contributed by atoms with E-state index < -0.39 is 11.7 Å². The van der Waals surface area contributed by atoms with Crippen LogP contribution < -0.4 is 0 Å². The summed E-state index contributed by atoms with van der Waals surface area (Å²) in [5, 5.41) is 17.2. The summed E-state index contributed by atoms with van der Waals surface area (Å²) in [5.74, 6) is 0. The van der Waals surface area contributed by atoms with Crippen molar-refractivity contribution in [2.24, 2.45) is 0 Å². The number of halogens is 2. The van der Waals surface area contributed by atoms with E-state index in [0.29, 0.717) is 12.8 Å². The first kappa shape index (κ1) is 10.5. The van der Waals surface area contributed by atoms with E-state index in [2.05, 4.69) is 0 Å². The highest BCUT2D eigenvalue weighted by Crippen LogP contribution is 2.12. The Labute approximate surface area is 70.8 Å². The van der Waals surface area contributed by atoms with Crippen molar-refractivity contribution in [1.82, 2.24) is 0 Å². The zero-order valence-corrected chi connectivity index (χ0v) is 7.31. The molecule has 0 heterocycles. The normalized spacial score (nSPS) is 20.1. The molecule has 0 amide bonds. The van der Waals surface area contributed by atoms with Gasteiger partial charge in [-0.15, -0.1) is 11.6 Å². The van der Waals surface area contributed by atoms with Gasteiger partial charge in [-0.1, -0.05) is 11.6 Å². The van der Waals surface area contributed by atoms with E-state index in [1.54, 1.807) is 6.92 Å². The van der Waals surface area contributed by atoms with Crippen LogP contribution in [0.3, 0.4) is 0 Å². The molecule has 2 nitrogen and oxygen atoms in total. The third-order valence-corrected chi connectivity index (χ3v) is 2.01. The van der Waals surface area contributed by atoms with Gasteiger partial charge in [0.1, 0.15) is 5.56 Å². The summed E-state index contributed by atoms with van der Waals surface area (Å²) in [6.07, 6.45) is 0.405. The molecule has 0 aromatic carbocycles. The minimum atomic E-state index is -0.847. The van der Waals surface area contributed by atoms with Crippen LogP contribution in [0.5, 0.6) is 0 Å². The molecular formula is C6H12Cl2O2. The molecule has 0 aliphatic rings. The quantitative estimate of drug-likeness (QED) is 0.651. The van der Waals surface area contributed by atoms with Crippen LogP contribution in [-0.2, 0) is 0 Å². The molecule has 3 unspecified atom stereocenters. The van der Waals surface area contributed by atoms with Gasteiger partial charge in [-0.25, -0.2) is 0 Å². The summed E-state index contributed by atoms with van der Waals surface area (Å²) >= 11 is 10.9. The monoisotopic (exact) mass is 186 g/mol. The molecule has 0 aliphatic carbocycles. The van der Waals surface area contributed by atoms with Crippen LogP contribution in [0.15, 0.2) is 0 Å². The van der Waals surface area contributed by atoms with Crippen molar-refractivity contribution in [3.05, 3.63) is 0 Å². The van der Waals surface area contributed by atoms with Gasteiger partial charge in [0.05, 0.1) is 11.5 Å². The second-order valence-electron chi connectivity index (χ2n) is 2.27. The Morgan fingerprint density at radius 2 is 1.70 bits per heavy atom. The summed E-state index contributed by atoms with van der Waals surface area (Å²) in [7, 11) is 0. The molecule has 0 saturated heterocycles. The van der Waals surface area contributed by atoms with E-state index in [1.807, 2.05) is 0 Å². The van der Waals surface area contributed by atoms with Crippen molar-refractivity contribution in [3.63, 3.8) is 0 Å². The molecule has 0 aromatic rings. The molecule has 62 valence electrons. The molecule has 2 N–H and O–H groups in total. The minimum absolute atomic E-state index is 0.312. The van der Waals surface area contributed by atoms with Crippen LogP contribution in [0.2, 0.25) is 0 Å². The third kappa shape index (κ3) is 5.30. The van der Waals surface area contributed by atoms with Crippen LogP contribution in [0.4, 0.5) is 0 Å². The molecule has 0 rings (SSSR count). The molecule has 0 bridgehead atoms. The highest BCUT2D eigenvalue weighted by Gasteiger charge is 2.11. The maximum atomic E-state index is 8.88. The van der Waals surface area contributed by atoms with Crippen molar-refractivity contribution in [3.8, 4) is 0 Å². The molecule has 3 atom stereocenters. The molecule has 4 heteroatoms. The Morgan fingerprint density at radius 3 is 2.00 bits per heavy atom. The fraction of sp³-hybridized carbons (Fsp3) is 1.00. The number of rotatable bonds is 4. The van der Waals surface area contributed by atoms with Crippen LogP contribution >= 0.6 is 23.2 Å². The van der Waals surface area contributed by atoms with E-state index in [9.17, 15) is 0 Å². The summed E-state index contributed by atoms with van der Waals surface area (Å²) < 4.78 is 0. The van der Waals surface area contributed by atoms with Gasteiger partial charge in [0.25, 0.3) is 0 Å². The second-order valence-corrected chi connectivity index (χ2v) is 3.33. The summed E-state index contributed by atoms with van der Waals surface area (Å²) in [5.41, 5.74) is -0.847. The molecular weight excluding hydrogens is 175 g/mol. The lowest BCUT2D eigenvalue weighted by atomic mass is 10.2. The van der Waals surface area contributed by atoms with Crippen LogP contribution in [0, 0.1) is 0 Å². The van der Waals surface area contributed by atoms with Crippen LogP contribution in [0.1, 0.15) is 19.8 Å². The van der Waals surface area contributed by atoms with Gasteiger partial charge in [-0.3, -0.25) is 0 Å². The van der Waals surface area contributed by atoms with Crippen molar-refractivity contribution < 1.29 is 10.2 Å². The van der Waals surface area contributed by atoms with Gasteiger partial charge in [-0.2, -0.15) is 0 Å². The van der Waals surface area contributed by atoms with Gasteiger partial charge in [0.15, 0.2) is 0 Å². The molecule has 0 radical (unpaired) electrons. The number of hydrogen-bond acceptors (Lipinski definition) is 2. The Kier molecular flexibility index (Phi) is 5.45. The maximum Gasteiger partial charge on any atom is 0.128 e. The lowest BCUT2D eigenvalue weighted by molar-refractivity contribution is 0.175. The lowest BCUT2D eigenvalue weighted by Crippen LogP contribution is -2.17. The first-order valence-electron chi connectivity index (χ1n) is 3.18. The first-order valence-corrected chi connectivity index (χ1v) is 4.05. The maximum absolute atomic E-state index is 8.88. The standard InChI is InChI=1S/C6H12Cl2O2/c1-4(9)5(7)2-3-6(8)10/h4-6,9-10H,2-3H2,1H3. The fourth-order valence-corrected chi connectivity index (χ4v) is 0.790. The Hall–Kier alpha value is 0.500. The van der Waals surface area contributed by atoms with E-state index >= 15 is 0 Å². The van der Waals surface area contributed by atoms with E-state index in [1.165, 1.54) is 0 Å². The van der Waals surface area contributed by atoms with Crippen LogP contribution in [0.25, 0.3) is 0 Å². The van der Waals surface area contributed by atoms with Crippen molar-refractivity contribution >= 4 is 23.2 Å². The largest absolute Gasteiger partial charge is 0.392 e. The third-order valence-electron chi connectivity index (χ3n) is 1.20. The van der Waals surface area contributed by atoms with Gasteiger partial charge in [-0.05, 0) is 19.8 Å². The average molecular weight is 187 g/mol. The summed E-state index contributed by atoms with van der Waals surface area (Å²) in [6.45, 7) is 1.61. The lowest BCUT2D eigenvalue weighted by Gasteiger charge is -2.11. The molecule has 0 saturated carbocycles. The van der Waals surface area contributed by atoms with Crippen molar-refractivity contribution in [1.29, 1.82) is 0 Å². The SMILES string of the molecule is CC(O)C(Cl)CCC(O)Cl. The minimum Gasteiger partial charge on any atom is -0.392 e. The van der Waals surface area contributed by atoms with E-state index in [0.717, 1.165) is 0 Å². The fourth-order valence-electron chi connectivity index (χ4n) is 0.538. The summed E-state index contributed by atoms with van der Waals surface area (Å²) in [4.78, 5) is 0. The van der Waals surface area contributed by atoms with Gasteiger partial charge in [0.2, 0.25) is 0 Å². The smallest absolute Gasteiger partial charge is 0.128 e. The number of aliphatic hydroxyl groups excluding tert-OH is 2. The van der Waals surface area contributed by atoms with Gasteiger partial charge < -0.3 is 10.2 Å².